The number of ether oxygens (including phenoxy) is 2. The van der Waals surface area contributed by atoms with Gasteiger partial charge in [0.1, 0.15) is 11.7 Å². The van der Waals surface area contributed by atoms with Gasteiger partial charge in [0, 0.05) is 36.8 Å². The number of unbranched alkanes of at least 4 members (excludes halogenated alkanes) is 1. The molecule has 2 atom stereocenters. The Kier molecular flexibility index (Phi) is 11.5. The van der Waals surface area contributed by atoms with E-state index >= 15 is 0 Å². The minimum Gasteiger partial charge on any atom is -0.385 e. The van der Waals surface area contributed by atoms with Gasteiger partial charge in [-0.25, -0.2) is 0 Å². The second-order valence-corrected chi connectivity index (χ2v) is 11.9. The summed E-state index contributed by atoms with van der Waals surface area (Å²) >= 11 is 6.86. The summed E-state index contributed by atoms with van der Waals surface area (Å²) in [4.78, 5) is 15.6. The number of carbonyl (C=O) groups is 1. The van der Waals surface area contributed by atoms with Crippen LogP contribution in [0, 0.1) is 11.8 Å². The minimum absolute atomic E-state index is 0.0557. The van der Waals surface area contributed by atoms with Crippen molar-refractivity contribution >= 4 is 17.5 Å². The van der Waals surface area contributed by atoms with Crippen LogP contribution < -0.4 is 5.32 Å². The fourth-order valence-electron chi connectivity index (χ4n) is 6.53. The first kappa shape index (κ1) is 31.0. The van der Waals surface area contributed by atoms with Crippen LogP contribution in [-0.4, -0.2) is 69.0 Å². The minimum atomic E-state index is -1.32. The van der Waals surface area contributed by atoms with Gasteiger partial charge in [-0.05, 0) is 93.6 Å². The Hall–Kier alpha value is -1.96. The molecule has 1 aliphatic carbocycles. The average Bonchev–Trinajstić information content (AvgIpc) is 2.99. The van der Waals surface area contributed by atoms with Crippen LogP contribution in [0.3, 0.4) is 0 Å². The molecule has 1 aliphatic heterocycles. The maximum absolute atomic E-state index is 13.7. The van der Waals surface area contributed by atoms with Gasteiger partial charge in [-0.2, -0.15) is 0 Å². The van der Waals surface area contributed by atoms with E-state index in [1.165, 1.54) is 5.56 Å². The van der Waals surface area contributed by atoms with Crippen molar-refractivity contribution in [1.82, 2.24) is 10.2 Å². The third-order valence-corrected chi connectivity index (χ3v) is 9.17. The van der Waals surface area contributed by atoms with Crippen molar-refractivity contribution in [2.24, 2.45) is 11.8 Å². The van der Waals surface area contributed by atoms with Crippen LogP contribution >= 0.6 is 11.6 Å². The van der Waals surface area contributed by atoms with E-state index in [-0.39, 0.29) is 11.8 Å². The van der Waals surface area contributed by atoms with Gasteiger partial charge in [-0.3, -0.25) is 4.79 Å². The van der Waals surface area contributed by atoms with Gasteiger partial charge in [0.05, 0.1) is 13.2 Å². The zero-order valence-corrected chi connectivity index (χ0v) is 25.2. The summed E-state index contributed by atoms with van der Waals surface area (Å²) in [6.07, 6.45) is 6.45. The van der Waals surface area contributed by atoms with E-state index in [0.29, 0.717) is 43.7 Å². The van der Waals surface area contributed by atoms with Gasteiger partial charge in [-0.15, -0.1) is 0 Å². The van der Waals surface area contributed by atoms with Crippen molar-refractivity contribution in [2.75, 3.05) is 47.0 Å². The second kappa shape index (κ2) is 14.8. The summed E-state index contributed by atoms with van der Waals surface area (Å²) in [5, 5.41) is 16.5. The highest BCUT2D eigenvalue weighted by atomic mass is 35.5. The molecular weight excluding hydrogens is 524 g/mol. The highest BCUT2D eigenvalue weighted by molar-refractivity contribution is 6.33. The molecule has 7 heteroatoms. The summed E-state index contributed by atoms with van der Waals surface area (Å²) in [5.74, 6) is 0.913. The van der Waals surface area contributed by atoms with Crippen LogP contribution in [0.1, 0.15) is 63.0 Å². The molecule has 0 bridgehead atoms. The fourth-order valence-corrected chi connectivity index (χ4v) is 6.82. The van der Waals surface area contributed by atoms with Crippen molar-refractivity contribution in [3.63, 3.8) is 0 Å². The van der Waals surface area contributed by atoms with Gasteiger partial charge in [-0.1, -0.05) is 54.9 Å². The van der Waals surface area contributed by atoms with Crippen molar-refractivity contribution in [3.05, 3.63) is 58.6 Å². The summed E-state index contributed by atoms with van der Waals surface area (Å²) in [6, 6.07) is 14.1. The van der Waals surface area contributed by atoms with Crippen LogP contribution in [0.4, 0.5) is 0 Å². The molecule has 1 amide bonds. The van der Waals surface area contributed by atoms with Gasteiger partial charge in [0.2, 0.25) is 5.91 Å². The van der Waals surface area contributed by atoms with E-state index in [1.54, 1.807) is 7.11 Å². The van der Waals surface area contributed by atoms with Crippen LogP contribution in [0.2, 0.25) is 5.02 Å². The molecule has 0 radical (unpaired) electrons. The van der Waals surface area contributed by atoms with Crippen molar-refractivity contribution in [2.45, 2.75) is 70.0 Å². The maximum Gasteiger partial charge on any atom is 0.225 e. The number of hydrogen-bond donors (Lipinski definition) is 2. The number of nitrogens with zero attached hydrogens (tertiary/aromatic N) is 1. The number of halogens is 1. The predicted molar refractivity (Wildman–Crippen MR) is 162 cm³/mol. The average molecular weight is 571 g/mol. The van der Waals surface area contributed by atoms with Crippen molar-refractivity contribution in [1.29, 1.82) is 0 Å². The SMILES string of the molecule is CCc1cccc(-c2c(Cl)cccc2[C@](O)(CCCCOC)[C@@H]2CN(C(=O)C3CCC(CNC)CC3)CCO2)c1. The number of benzene rings is 2. The predicted octanol–water partition coefficient (Wildman–Crippen LogP) is 5.83. The molecule has 1 saturated carbocycles. The summed E-state index contributed by atoms with van der Waals surface area (Å²) in [7, 11) is 3.69. The van der Waals surface area contributed by atoms with E-state index in [9.17, 15) is 9.90 Å². The molecule has 2 aromatic carbocycles. The monoisotopic (exact) mass is 570 g/mol. The highest BCUT2D eigenvalue weighted by Gasteiger charge is 2.45. The molecule has 0 spiro atoms. The highest BCUT2D eigenvalue weighted by Crippen LogP contribution is 2.43. The van der Waals surface area contributed by atoms with Gasteiger partial charge >= 0.3 is 0 Å². The zero-order valence-electron chi connectivity index (χ0n) is 24.5. The molecule has 2 aromatic rings. The summed E-state index contributed by atoms with van der Waals surface area (Å²) in [5.41, 5.74) is 2.47. The Morgan fingerprint density at radius 1 is 1.18 bits per heavy atom. The van der Waals surface area contributed by atoms with E-state index in [2.05, 4.69) is 30.4 Å². The Labute approximate surface area is 245 Å². The Morgan fingerprint density at radius 3 is 2.67 bits per heavy atom. The molecule has 2 fully saturated rings. The van der Waals surface area contributed by atoms with Gasteiger partial charge in [0.25, 0.3) is 0 Å². The van der Waals surface area contributed by atoms with Gasteiger partial charge in [0.15, 0.2) is 0 Å². The number of aryl methyl sites for hydroxylation is 1. The molecule has 4 rings (SSSR count). The number of morpholine rings is 1. The maximum atomic E-state index is 13.7. The lowest BCUT2D eigenvalue weighted by Gasteiger charge is -2.44. The Balaban J connectivity index is 1.63. The lowest BCUT2D eigenvalue weighted by molar-refractivity contribution is -0.168. The fraction of sp³-hybridized carbons (Fsp3) is 0.606. The lowest BCUT2D eigenvalue weighted by Crippen LogP contribution is -2.55. The van der Waals surface area contributed by atoms with Crippen LogP contribution in [0.25, 0.3) is 11.1 Å². The first-order valence-corrected chi connectivity index (χ1v) is 15.4. The lowest BCUT2D eigenvalue weighted by atomic mass is 9.78. The van der Waals surface area contributed by atoms with Gasteiger partial charge < -0.3 is 24.8 Å². The van der Waals surface area contributed by atoms with Crippen LogP contribution in [0.15, 0.2) is 42.5 Å². The molecule has 220 valence electrons. The van der Waals surface area contributed by atoms with E-state index in [4.69, 9.17) is 21.1 Å². The number of nitrogens with one attached hydrogen (secondary N) is 1. The molecule has 6 nitrogen and oxygen atoms in total. The van der Waals surface area contributed by atoms with Crippen molar-refractivity contribution in [3.8, 4) is 11.1 Å². The second-order valence-electron chi connectivity index (χ2n) is 11.5. The molecule has 40 heavy (non-hydrogen) atoms. The molecule has 0 unspecified atom stereocenters. The number of amides is 1. The number of methoxy groups -OCH3 is 1. The number of rotatable bonds is 12. The van der Waals surface area contributed by atoms with E-state index in [0.717, 1.165) is 68.2 Å². The molecule has 2 N–H and O–H groups in total. The summed E-state index contributed by atoms with van der Waals surface area (Å²) < 4.78 is 11.6. The number of carbonyl (C=O) groups excluding carboxylic acids is 1. The number of hydrogen-bond acceptors (Lipinski definition) is 5. The zero-order chi connectivity index (χ0) is 28.5. The molecule has 0 aromatic heterocycles. The molecule has 1 heterocycles. The Morgan fingerprint density at radius 2 is 1.95 bits per heavy atom. The molecule has 2 aliphatic rings. The topological polar surface area (TPSA) is 71.0 Å². The smallest absolute Gasteiger partial charge is 0.225 e. The standard InChI is InChI=1S/C33H47ClN2O4/c1-4-24-9-7-10-27(21-24)31-28(11-8-12-29(31)34)33(38,17-5-6-19-39-3)30-23-36(18-20-40-30)32(37)26-15-13-25(14-16-26)22-35-2/h7-12,21,25-26,30,35,38H,4-6,13-20,22-23H2,1-3H3/t25?,26?,30-,33+/m0/s1. The quantitative estimate of drug-likeness (QED) is 0.314. The van der Waals surface area contributed by atoms with Crippen LogP contribution in [-0.2, 0) is 26.3 Å². The third kappa shape index (κ3) is 7.27. The third-order valence-electron chi connectivity index (χ3n) is 8.86. The molecular formula is C33H47ClN2O4. The molecule has 1 saturated heterocycles. The summed E-state index contributed by atoms with van der Waals surface area (Å²) in [6.45, 7) is 5.12. The Bertz CT molecular complexity index is 1100. The van der Waals surface area contributed by atoms with E-state index in [1.807, 2.05) is 36.2 Å². The normalized spacial score (nSPS) is 23.1. The first-order chi connectivity index (χ1) is 19.4. The first-order valence-electron chi connectivity index (χ1n) is 15.1. The van der Waals surface area contributed by atoms with E-state index < -0.39 is 11.7 Å². The number of aliphatic hydroxyl groups is 1. The van der Waals surface area contributed by atoms with Crippen molar-refractivity contribution < 1.29 is 19.4 Å². The largest absolute Gasteiger partial charge is 0.385 e. The van der Waals surface area contributed by atoms with Crippen LogP contribution in [0.5, 0.6) is 0 Å².